The lowest BCUT2D eigenvalue weighted by Gasteiger charge is -2.16. The van der Waals surface area contributed by atoms with Gasteiger partial charge >= 0.3 is 5.97 Å². The van der Waals surface area contributed by atoms with Crippen molar-refractivity contribution in [2.24, 2.45) is 0 Å². The highest BCUT2D eigenvalue weighted by atomic mass is 16.5. The van der Waals surface area contributed by atoms with Crippen LogP contribution in [0.15, 0.2) is 65.9 Å². The second kappa shape index (κ2) is 6.69. The molecule has 2 aliphatic heterocycles. The number of imide groups is 1. The molecule has 4 rings (SSSR count). The summed E-state index contributed by atoms with van der Waals surface area (Å²) in [4.78, 5) is 39.0. The number of hydrogen-bond donors (Lipinski definition) is 2. The molecule has 0 aliphatic carbocycles. The third-order valence-corrected chi connectivity index (χ3v) is 4.51. The molecule has 7 nitrogen and oxygen atoms in total. The molecule has 0 bridgehead atoms. The van der Waals surface area contributed by atoms with E-state index in [9.17, 15) is 14.4 Å². The van der Waals surface area contributed by atoms with E-state index in [0.29, 0.717) is 5.69 Å². The Bertz CT molecular complexity index is 951. The molecule has 0 saturated carbocycles. The smallest absolute Gasteiger partial charge is 0.356 e. The summed E-state index contributed by atoms with van der Waals surface area (Å²) in [7, 11) is 0. The average Bonchev–Trinajstić information content (AvgIpc) is 3.22. The number of anilines is 1. The van der Waals surface area contributed by atoms with Crippen molar-refractivity contribution in [3.8, 4) is 0 Å². The molecule has 1 atom stereocenters. The van der Waals surface area contributed by atoms with Gasteiger partial charge in [-0.2, -0.15) is 0 Å². The molecule has 1 unspecified atom stereocenters. The summed E-state index contributed by atoms with van der Waals surface area (Å²) in [6.45, 7) is 1.99. The van der Waals surface area contributed by atoms with Crippen LogP contribution in [0.4, 0.5) is 5.69 Å². The van der Waals surface area contributed by atoms with Crippen LogP contribution in [0, 0.1) is 6.92 Å². The second-order valence-corrected chi connectivity index (χ2v) is 6.37. The van der Waals surface area contributed by atoms with Gasteiger partial charge in [0.25, 0.3) is 11.8 Å². The maximum absolute atomic E-state index is 12.8. The number of aryl methyl sites for hydroxylation is 1. The molecule has 1 saturated heterocycles. The van der Waals surface area contributed by atoms with E-state index in [2.05, 4.69) is 10.9 Å². The number of carbonyl (C=O) groups excluding carboxylic acids is 3. The van der Waals surface area contributed by atoms with Crippen LogP contribution in [0.2, 0.25) is 0 Å². The molecule has 2 aromatic rings. The molecular formula is C20H17N3O4. The molecule has 136 valence electrons. The van der Waals surface area contributed by atoms with E-state index in [4.69, 9.17) is 4.74 Å². The Morgan fingerprint density at radius 2 is 1.78 bits per heavy atom. The summed E-state index contributed by atoms with van der Waals surface area (Å²) in [6, 6.07) is 15.3. The van der Waals surface area contributed by atoms with E-state index in [-0.39, 0.29) is 17.9 Å². The Balaban J connectivity index is 1.58. The van der Waals surface area contributed by atoms with E-state index in [0.717, 1.165) is 16.0 Å². The molecule has 0 aromatic heterocycles. The SMILES string of the molecule is Cc1ccc(N2C(=O)C3=C(C(=O)OCc4ccccc4)NNC3C2=O)cc1. The van der Waals surface area contributed by atoms with E-state index in [1.54, 1.807) is 12.1 Å². The minimum absolute atomic E-state index is 0.0242. The monoisotopic (exact) mass is 363 g/mol. The molecule has 27 heavy (non-hydrogen) atoms. The first kappa shape index (κ1) is 17.0. The zero-order valence-electron chi connectivity index (χ0n) is 14.6. The first-order valence-corrected chi connectivity index (χ1v) is 8.48. The van der Waals surface area contributed by atoms with Gasteiger partial charge in [0.1, 0.15) is 18.3 Å². The normalized spacial score (nSPS) is 18.6. The fourth-order valence-corrected chi connectivity index (χ4v) is 3.09. The second-order valence-electron chi connectivity index (χ2n) is 6.37. The number of nitrogens with zero attached hydrogens (tertiary/aromatic N) is 1. The van der Waals surface area contributed by atoms with E-state index < -0.39 is 23.8 Å². The Hall–Kier alpha value is -3.45. The number of esters is 1. The van der Waals surface area contributed by atoms with Gasteiger partial charge < -0.3 is 10.2 Å². The van der Waals surface area contributed by atoms with Crippen molar-refractivity contribution < 1.29 is 19.1 Å². The van der Waals surface area contributed by atoms with Gasteiger partial charge in [0, 0.05) is 0 Å². The molecule has 2 N–H and O–H groups in total. The van der Waals surface area contributed by atoms with Crippen molar-refractivity contribution in [2.75, 3.05) is 4.90 Å². The molecule has 2 aromatic carbocycles. The van der Waals surface area contributed by atoms with Crippen LogP contribution >= 0.6 is 0 Å². The summed E-state index contributed by atoms with van der Waals surface area (Å²) >= 11 is 0. The topological polar surface area (TPSA) is 87.7 Å². The van der Waals surface area contributed by atoms with Gasteiger partial charge in [-0.15, -0.1) is 0 Å². The Kier molecular flexibility index (Phi) is 4.21. The van der Waals surface area contributed by atoms with Crippen molar-refractivity contribution >= 4 is 23.5 Å². The summed E-state index contributed by atoms with van der Waals surface area (Å²) in [6.07, 6.45) is 0. The Labute approximate surface area is 155 Å². The highest BCUT2D eigenvalue weighted by Crippen LogP contribution is 2.30. The maximum Gasteiger partial charge on any atom is 0.356 e. The molecule has 1 fully saturated rings. The van der Waals surface area contributed by atoms with Crippen LogP contribution in [0.5, 0.6) is 0 Å². The van der Waals surface area contributed by atoms with Crippen LogP contribution < -0.4 is 15.8 Å². The summed E-state index contributed by atoms with van der Waals surface area (Å²) in [5.41, 5.74) is 7.70. The predicted octanol–water partition coefficient (Wildman–Crippen LogP) is 1.34. The van der Waals surface area contributed by atoms with E-state index >= 15 is 0 Å². The Morgan fingerprint density at radius 3 is 2.48 bits per heavy atom. The minimum Gasteiger partial charge on any atom is -0.456 e. The van der Waals surface area contributed by atoms with Crippen molar-refractivity contribution in [2.45, 2.75) is 19.6 Å². The maximum atomic E-state index is 12.8. The van der Waals surface area contributed by atoms with Crippen LogP contribution in [0.25, 0.3) is 0 Å². The van der Waals surface area contributed by atoms with Crippen molar-refractivity contribution in [3.63, 3.8) is 0 Å². The third-order valence-electron chi connectivity index (χ3n) is 4.51. The quantitative estimate of drug-likeness (QED) is 0.630. The lowest BCUT2D eigenvalue weighted by molar-refractivity contribution is -0.141. The molecule has 7 heteroatoms. The van der Waals surface area contributed by atoms with Gasteiger partial charge in [-0.1, -0.05) is 48.0 Å². The standard InChI is InChI=1S/C20H17N3O4/c1-12-7-9-14(10-8-12)23-18(24)15-16(19(23)25)21-22-17(15)20(26)27-11-13-5-3-2-4-6-13/h2-10,16,21-22H,11H2,1H3. The average molecular weight is 363 g/mol. The zero-order valence-corrected chi connectivity index (χ0v) is 14.6. The molecule has 0 radical (unpaired) electrons. The summed E-state index contributed by atoms with van der Waals surface area (Å²) in [5, 5.41) is 0. The molecule has 2 aliphatic rings. The van der Waals surface area contributed by atoms with Crippen LogP contribution in [0.3, 0.4) is 0 Å². The molecule has 2 amide bonds. The zero-order chi connectivity index (χ0) is 19.0. The highest BCUT2D eigenvalue weighted by Gasteiger charge is 2.50. The molecule has 0 spiro atoms. The largest absolute Gasteiger partial charge is 0.456 e. The van der Waals surface area contributed by atoms with E-state index in [1.807, 2.05) is 49.4 Å². The number of ether oxygens (including phenoxy) is 1. The number of carbonyl (C=O) groups is 3. The van der Waals surface area contributed by atoms with Gasteiger partial charge in [-0.3, -0.25) is 9.59 Å². The van der Waals surface area contributed by atoms with Crippen LogP contribution in [0.1, 0.15) is 11.1 Å². The molecule has 2 heterocycles. The minimum atomic E-state index is -0.905. The fourth-order valence-electron chi connectivity index (χ4n) is 3.09. The number of hydrazine groups is 1. The lowest BCUT2D eigenvalue weighted by atomic mass is 10.1. The van der Waals surface area contributed by atoms with Crippen molar-refractivity contribution in [3.05, 3.63) is 77.0 Å². The first-order chi connectivity index (χ1) is 13.1. The van der Waals surface area contributed by atoms with Crippen molar-refractivity contribution in [1.29, 1.82) is 0 Å². The van der Waals surface area contributed by atoms with Gasteiger partial charge in [0.2, 0.25) is 0 Å². The number of hydrogen-bond acceptors (Lipinski definition) is 6. The number of fused-ring (bicyclic) bond motifs is 1. The predicted molar refractivity (Wildman–Crippen MR) is 97.0 cm³/mol. The van der Waals surface area contributed by atoms with Gasteiger partial charge in [0.05, 0.1) is 11.3 Å². The third kappa shape index (κ3) is 2.98. The highest BCUT2D eigenvalue weighted by molar-refractivity contribution is 6.32. The first-order valence-electron chi connectivity index (χ1n) is 8.48. The van der Waals surface area contributed by atoms with Crippen LogP contribution in [-0.4, -0.2) is 23.8 Å². The molecular weight excluding hydrogens is 346 g/mol. The summed E-state index contributed by atoms with van der Waals surface area (Å²) in [5.74, 6) is -1.65. The van der Waals surface area contributed by atoms with Gasteiger partial charge in [0.15, 0.2) is 0 Å². The van der Waals surface area contributed by atoms with Crippen LogP contribution in [-0.2, 0) is 25.7 Å². The van der Waals surface area contributed by atoms with Gasteiger partial charge in [-0.25, -0.2) is 15.1 Å². The Morgan fingerprint density at radius 1 is 1.07 bits per heavy atom. The number of rotatable bonds is 4. The van der Waals surface area contributed by atoms with E-state index in [1.165, 1.54) is 0 Å². The number of nitrogens with one attached hydrogen (secondary N) is 2. The fraction of sp³-hybridized carbons (Fsp3) is 0.150. The lowest BCUT2D eigenvalue weighted by Crippen LogP contribution is -2.42. The number of benzene rings is 2. The summed E-state index contributed by atoms with van der Waals surface area (Å²) < 4.78 is 5.28. The van der Waals surface area contributed by atoms with Gasteiger partial charge in [-0.05, 0) is 24.6 Å². The number of amides is 2. The van der Waals surface area contributed by atoms with Crippen molar-refractivity contribution in [1.82, 2.24) is 10.9 Å².